The standard InChI is InChI=1S/C16H22N2O3/c19-11-16(5-8-21-9-6-16)18-15(20)14-3-1-2-12-10-17-7-4-13(12)14/h1-3,17,19H,4-11H2,(H,18,20). The summed E-state index contributed by atoms with van der Waals surface area (Å²) in [5, 5.41) is 16.1. The van der Waals surface area contributed by atoms with Crippen molar-refractivity contribution in [1.82, 2.24) is 10.6 Å². The van der Waals surface area contributed by atoms with E-state index in [1.165, 1.54) is 5.56 Å². The van der Waals surface area contributed by atoms with Gasteiger partial charge in [0.2, 0.25) is 0 Å². The molecular formula is C16H22N2O3. The highest BCUT2D eigenvalue weighted by Crippen LogP contribution is 2.23. The number of hydrogen-bond donors (Lipinski definition) is 3. The molecule has 1 aromatic carbocycles. The van der Waals surface area contributed by atoms with Crippen LogP contribution in [0.4, 0.5) is 0 Å². The second kappa shape index (κ2) is 6.13. The second-order valence-corrected chi connectivity index (χ2v) is 5.87. The van der Waals surface area contributed by atoms with Crippen LogP contribution in [0.15, 0.2) is 18.2 Å². The molecule has 0 radical (unpaired) electrons. The molecule has 0 spiro atoms. The number of carbonyl (C=O) groups excluding carboxylic acids is 1. The van der Waals surface area contributed by atoms with Gasteiger partial charge in [0.25, 0.3) is 5.91 Å². The number of amides is 1. The SMILES string of the molecule is O=C(NC1(CO)CCOCC1)c1cccc2c1CCNC2. The Morgan fingerprint density at radius 3 is 2.95 bits per heavy atom. The Bertz CT molecular complexity index is 524. The van der Waals surface area contributed by atoms with Gasteiger partial charge in [0, 0.05) is 25.3 Å². The quantitative estimate of drug-likeness (QED) is 0.762. The fourth-order valence-corrected chi connectivity index (χ4v) is 3.14. The highest BCUT2D eigenvalue weighted by atomic mass is 16.5. The summed E-state index contributed by atoms with van der Waals surface area (Å²) in [6.45, 7) is 2.83. The van der Waals surface area contributed by atoms with Crippen LogP contribution in [0.2, 0.25) is 0 Å². The van der Waals surface area contributed by atoms with E-state index in [1.54, 1.807) is 0 Å². The predicted octanol–water partition coefficient (Wildman–Crippen LogP) is 0.604. The Balaban J connectivity index is 1.82. The van der Waals surface area contributed by atoms with E-state index in [9.17, 15) is 9.90 Å². The Morgan fingerprint density at radius 1 is 1.38 bits per heavy atom. The Kier molecular flexibility index (Phi) is 4.24. The molecule has 0 aliphatic carbocycles. The summed E-state index contributed by atoms with van der Waals surface area (Å²) < 4.78 is 5.33. The monoisotopic (exact) mass is 290 g/mol. The number of fused-ring (bicyclic) bond motifs is 1. The lowest BCUT2D eigenvalue weighted by Gasteiger charge is -2.36. The molecule has 1 amide bonds. The number of carbonyl (C=O) groups is 1. The molecule has 114 valence electrons. The van der Waals surface area contributed by atoms with Crippen LogP contribution in [0.1, 0.15) is 34.3 Å². The van der Waals surface area contributed by atoms with Crippen molar-refractivity contribution in [2.24, 2.45) is 0 Å². The predicted molar refractivity (Wildman–Crippen MR) is 79.2 cm³/mol. The molecule has 3 rings (SSSR count). The number of aliphatic hydroxyl groups is 1. The lowest BCUT2D eigenvalue weighted by Crippen LogP contribution is -2.54. The third-order valence-corrected chi connectivity index (χ3v) is 4.52. The summed E-state index contributed by atoms with van der Waals surface area (Å²) in [6.07, 6.45) is 2.19. The minimum Gasteiger partial charge on any atom is -0.394 e. The number of aliphatic hydroxyl groups excluding tert-OH is 1. The fraction of sp³-hybridized carbons (Fsp3) is 0.562. The topological polar surface area (TPSA) is 70.6 Å². The minimum absolute atomic E-state index is 0.0430. The molecule has 1 fully saturated rings. The Hall–Kier alpha value is -1.43. The van der Waals surface area contributed by atoms with Crippen LogP contribution in [0.5, 0.6) is 0 Å². The van der Waals surface area contributed by atoms with E-state index in [1.807, 2.05) is 12.1 Å². The van der Waals surface area contributed by atoms with Gasteiger partial charge in [0.15, 0.2) is 0 Å². The summed E-state index contributed by atoms with van der Waals surface area (Å²) in [6, 6.07) is 5.87. The molecule has 0 atom stereocenters. The van der Waals surface area contributed by atoms with E-state index in [4.69, 9.17) is 4.74 Å². The van der Waals surface area contributed by atoms with E-state index in [2.05, 4.69) is 16.7 Å². The van der Waals surface area contributed by atoms with Gasteiger partial charge in [-0.25, -0.2) is 0 Å². The molecule has 5 heteroatoms. The summed E-state index contributed by atoms with van der Waals surface area (Å²) in [7, 11) is 0. The first-order chi connectivity index (χ1) is 10.2. The number of ether oxygens (including phenoxy) is 1. The molecular weight excluding hydrogens is 268 g/mol. The van der Waals surface area contributed by atoms with Crippen LogP contribution in [0.3, 0.4) is 0 Å². The second-order valence-electron chi connectivity index (χ2n) is 5.87. The first-order valence-electron chi connectivity index (χ1n) is 7.57. The third-order valence-electron chi connectivity index (χ3n) is 4.52. The molecule has 0 aromatic heterocycles. The summed E-state index contributed by atoms with van der Waals surface area (Å²) in [5.41, 5.74) is 2.53. The number of hydrogen-bond acceptors (Lipinski definition) is 4. The highest BCUT2D eigenvalue weighted by Gasteiger charge is 2.34. The van der Waals surface area contributed by atoms with Crippen molar-refractivity contribution in [2.75, 3.05) is 26.4 Å². The van der Waals surface area contributed by atoms with Crippen molar-refractivity contribution >= 4 is 5.91 Å². The van der Waals surface area contributed by atoms with Crippen LogP contribution >= 0.6 is 0 Å². The van der Waals surface area contributed by atoms with E-state index in [-0.39, 0.29) is 12.5 Å². The van der Waals surface area contributed by atoms with Crippen molar-refractivity contribution < 1.29 is 14.6 Å². The third kappa shape index (κ3) is 2.95. The average Bonchev–Trinajstić information content (AvgIpc) is 2.55. The van der Waals surface area contributed by atoms with Gasteiger partial charge in [-0.1, -0.05) is 12.1 Å². The number of nitrogens with one attached hydrogen (secondary N) is 2. The normalized spacial score (nSPS) is 20.6. The van der Waals surface area contributed by atoms with Gasteiger partial charge in [0.1, 0.15) is 0 Å². The zero-order valence-electron chi connectivity index (χ0n) is 12.2. The highest BCUT2D eigenvalue weighted by molar-refractivity contribution is 5.96. The van der Waals surface area contributed by atoms with E-state index in [0.29, 0.717) is 26.1 Å². The van der Waals surface area contributed by atoms with Crippen molar-refractivity contribution in [2.45, 2.75) is 31.3 Å². The zero-order valence-corrected chi connectivity index (χ0v) is 12.2. The van der Waals surface area contributed by atoms with E-state index < -0.39 is 5.54 Å². The minimum atomic E-state index is -0.537. The molecule has 5 nitrogen and oxygen atoms in total. The van der Waals surface area contributed by atoms with Crippen LogP contribution in [0.25, 0.3) is 0 Å². The lowest BCUT2D eigenvalue weighted by molar-refractivity contribution is 0.0125. The van der Waals surface area contributed by atoms with Crippen LogP contribution in [-0.2, 0) is 17.7 Å². The van der Waals surface area contributed by atoms with E-state index >= 15 is 0 Å². The van der Waals surface area contributed by atoms with Gasteiger partial charge in [0.05, 0.1) is 12.1 Å². The van der Waals surface area contributed by atoms with Crippen LogP contribution < -0.4 is 10.6 Å². The van der Waals surface area contributed by atoms with Crippen molar-refractivity contribution in [1.29, 1.82) is 0 Å². The van der Waals surface area contributed by atoms with Crippen LogP contribution in [-0.4, -0.2) is 42.9 Å². The maximum absolute atomic E-state index is 12.7. The zero-order chi connectivity index (χ0) is 14.7. The van der Waals surface area contributed by atoms with Gasteiger partial charge in [-0.2, -0.15) is 0 Å². The molecule has 1 saturated heterocycles. The first kappa shape index (κ1) is 14.5. The molecule has 2 aliphatic heterocycles. The van der Waals surface area contributed by atoms with Gasteiger partial charge < -0.3 is 20.5 Å². The van der Waals surface area contributed by atoms with Crippen molar-refractivity contribution in [3.8, 4) is 0 Å². The Morgan fingerprint density at radius 2 is 2.19 bits per heavy atom. The molecule has 1 aromatic rings. The fourth-order valence-electron chi connectivity index (χ4n) is 3.14. The first-order valence-corrected chi connectivity index (χ1v) is 7.57. The summed E-state index contributed by atoms with van der Waals surface area (Å²) >= 11 is 0. The maximum atomic E-state index is 12.7. The lowest BCUT2D eigenvalue weighted by atomic mass is 9.89. The maximum Gasteiger partial charge on any atom is 0.252 e. The van der Waals surface area contributed by atoms with Gasteiger partial charge in [-0.05, 0) is 43.0 Å². The number of rotatable bonds is 3. The number of benzene rings is 1. The van der Waals surface area contributed by atoms with Gasteiger partial charge in [-0.3, -0.25) is 4.79 Å². The summed E-state index contributed by atoms with van der Waals surface area (Å²) in [4.78, 5) is 12.7. The average molecular weight is 290 g/mol. The van der Waals surface area contributed by atoms with Gasteiger partial charge >= 0.3 is 0 Å². The molecule has 2 aliphatic rings. The van der Waals surface area contributed by atoms with Gasteiger partial charge in [-0.15, -0.1) is 0 Å². The van der Waals surface area contributed by atoms with Crippen LogP contribution in [0, 0.1) is 0 Å². The molecule has 3 N–H and O–H groups in total. The Labute approximate surface area is 124 Å². The van der Waals surface area contributed by atoms with E-state index in [0.717, 1.165) is 30.6 Å². The smallest absolute Gasteiger partial charge is 0.252 e. The van der Waals surface area contributed by atoms with Crippen molar-refractivity contribution in [3.63, 3.8) is 0 Å². The van der Waals surface area contributed by atoms with Crippen molar-refractivity contribution in [3.05, 3.63) is 34.9 Å². The summed E-state index contributed by atoms with van der Waals surface area (Å²) in [5.74, 6) is -0.0790. The molecule has 0 saturated carbocycles. The molecule has 21 heavy (non-hydrogen) atoms. The largest absolute Gasteiger partial charge is 0.394 e. The molecule has 0 bridgehead atoms. The molecule has 0 unspecified atom stereocenters. The molecule has 2 heterocycles.